The predicted octanol–water partition coefficient (Wildman–Crippen LogP) is 4.02. The minimum Gasteiger partial charge on any atom is -0.435 e. The quantitative estimate of drug-likeness (QED) is 0.868. The second-order valence-corrected chi connectivity index (χ2v) is 5.12. The zero-order chi connectivity index (χ0) is 13.7. The molecule has 1 heterocycles. The van der Waals surface area contributed by atoms with Crippen LogP contribution in [-0.2, 0) is 6.42 Å². The molecule has 1 aromatic heterocycles. The molecule has 0 aliphatic carbocycles. The molecule has 102 valence electrons. The van der Waals surface area contributed by atoms with Crippen LogP contribution in [0, 0.1) is 0 Å². The van der Waals surface area contributed by atoms with E-state index < -0.39 is 12.7 Å². The first kappa shape index (κ1) is 14.0. The summed E-state index contributed by atoms with van der Waals surface area (Å²) in [5.41, 5.74) is 0.592. The maximum atomic E-state index is 12.1. The van der Waals surface area contributed by atoms with Crippen molar-refractivity contribution in [3.8, 4) is 5.75 Å². The largest absolute Gasteiger partial charge is 0.435 e. The Balaban J connectivity index is 1.96. The summed E-state index contributed by atoms with van der Waals surface area (Å²) in [6.45, 7) is -2.85. The molecule has 1 aromatic carbocycles. The summed E-state index contributed by atoms with van der Waals surface area (Å²) in [5.74, 6) is 0.0719. The molecule has 2 rings (SSSR count). The van der Waals surface area contributed by atoms with Gasteiger partial charge < -0.3 is 9.84 Å². The van der Waals surface area contributed by atoms with E-state index in [0.717, 1.165) is 6.42 Å². The van der Waals surface area contributed by atoms with Gasteiger partial charge in [0.05, 0.1) is 6.10 Å². The van der Waals surface area contributed by atoms with Crippen LogP contribution in [0.4, 0.5) is 8.78 Å². The van der Waals surface area contributed by atoms with Crippen molar-refractivity contribution in [3.05, 3.63) is 52.2 Å². The number of aliphatic hydroxyl groups is 1. The molecule has 2 aromatic rings. The fraction of sp³-hybridized carbons (Fsp3) is 0.286. The molecule has 2 nitrogen and oxygen atoms in total. The number of hydrogen-bond acceptors (Lipinski definition) is 3. The van der Waals surface area contributed by atoms with Crippen LogP contribution in [0.2, 0.25) is 0 Å². The van der Waals surface area contributed by atoms with Gasteiger partial charge in [0.1, 0.15) is 5.75 Å². The van der Waals surface area contributed by atoms with E-state index in [1.807, 2.05) is 17.5 Å². The van der Waals surface area contributed by atoms with Crippen molar-refractivity contribution >= 4 is 11.3 Å². The Morgan fingerprint density at radius 2 is 2.05 bits per heavy atom. The summed E-state index contributed by atoms with van der Waals surface area (Å²) in [6, 6.07) is 10.2. The fourth-order valence-corrected chi connectivity index (χ4v) is 2.52. The van der Waals surface area contributed by atoms with Crippen molar-refractivity contribution in [1.29, 1.82) is 0 Å². The molecular formula is C14H14F2O2S. The van der Waals surface area contributed by atoms with Crippen molar-refractivity contribution < 1.29 is 18.6 Å². The lowest BCUT2D eigenvalue weighted by atomic mass is 10.0. The van der Waals surface area contributed by atoms with Gasteiger partial charge in [0.2, 0.25) is 0 Å². The van der Waals surface area contributed by atoms with Crippen LogP contribution in [0.15, 0.2) is 41.8 Å². The second kappa shape index (κ2) is 6.63. The summed E-state index contributed by atoms with van der Waals surface area (Å²) >= 11 is 1.64. The van der Waals surface area contributed by atoms with Gasteiger partial charge in [0, 0.05) is 4.88 Å². The molecule has 1 unspecified atom stereocenters. The van der Waals surface area contributed by atoms with E-state index >= 15 is 0 Å². The van der Waals surface area contributed by atoms with E-state index in [9.17, 15) is 13.9 Å². The second-order valence-electron chi connectivity index (χ2n) is 4.08. The molecule has 0 fully saturated rings. The van der Waals surface area contributed by atoms with Gasteiger partial charge in [-0.1, -0.05) is 18.2 Å². The van der Waals surface area contributed by atoms with Gasteiger partial charge in [-0.2, -0.15) is 8.78 Å². The highest BCUT2D eigenvalue weighted by atomic mass is 32.1. The molecule has 0 spiro atoms. The van der Waals surface area contributed by atoms with Gasteiger partial charge >= 0.3 is 6.61 Å². The van der Waals surface area contributed by atoms with E-state index in [1.54, 1.807) is 23.5 Å². The van der Waals surface area contributed by atoms with Gasteiger partial charge in [0.15, 0.2) is 0 Å². The number of alkyl halides is 2. The maximum Gasteiger partial charge on any atom is 0.387 e. The molecule has 1 N–H and O–H groups in total. The van der Waals surface area contributed by atoms with Crippen LogP contribution < -0.4 is 4.74 Å². The summed E-state index contributed by atoms with van der Waals surface area (Å²) < 4.78 is 28.5. The zero-order valence-corrected chi connectivity index (χ0v) is 10.9. The first-order valence-corrected chi connectivity index (χ1v) is 6.78. The fourth-order valence-electron chi connectivity index (χ4n) is 1.80. The summed E-state index contributed by atoms with van der Waals surface area (Å²) in [6.07, 6.45) is 0.639. The van der Waals surface area contributed by atoms with Crippen LogP contribution in [0.5, 0.6) is 5.75 Å². The van der Waals surface area contributed by atoms with Crippen molar-refractivity contribution in [2.45, 2.75) is 25.6 Å². The third-order valence-electron chi connectivity index (χ3n) is 2.71. The van der Waals surface area contributed by atoms with E-state index in [1.165, 1.54) is 17.0 Å². The van der Waals surface area contributed by atoms with Crippen LogP contribution in [0.1, 0.15) is 23.0 Å². The number of rotatable bonds is 6. The Labute approximate surface area is 114 Å². The number of aliphatic hydroxyl groups excluding tert-OH is 1. The molecule has 0 aliphatic heterocycles. The van der Waals surface area contributed by atoms with Gasteiger partial charge in [-0.25, -0.2) is 0 Å². The van der Waals surface area contributed by atoms with Gasteiger partial charge in [0.25, 0.3) is 0 Å². The predicted molar refractivity (Wildman–Crippen MR) is 70.7 cm³/mol. The maximum absolute atomic E-state index is 12.1. The molecule has 0 saturated carbocycles. The van der Waals surface area contributed by atoms with Crippen LogP contribution in [-0.4, -0.2) is 11.7 Å². The Morgan fingerprint density at radius 3 is 2.74 bits per heavy atom. The van der Waals surface area contributed by atoms with Crippen molar-refractivity contribution in [2.24, 2.45) is 0 Å². The zero-order valence-electron chi connectivity index (χ0n) is 10.1. The van der Waals surface area contributed by atoms with Gasteiger partial charge in [-0.15, -0.1) is 11.3 Å². The first-order valence-electron chi connectivity index (χ1n) is 5.90. The third-order valence-corrected chi connectivity index (χ3v) is 3.65. The Bertz CT molecular complexity index is 500. The van der Waals surface area contributed by atoms with Crippen LogP contribution in [0.3, 0.4) is 0 Å². The number of ether oxygens (including phenoxy) is 1. The lowest BCUT2D eigenvalue weighted by molar-refractivity contribution is -0.0499. The molecule has 0 radical (unpaired) electrons. The third kappa shape index (κ3) is 4.29. The van der Waals surface area contributed by atoms with E-state index in [2.05, 4.69) is 4.74 Å². The van der Waals surface area contributed by atoms with Gasteiger partial charge in [-0.3, -0.25) is 0 Å². The van der Waals surface area contributed by atoms with Crippen molar-refractivity contribution in [2.75, 3.05) is 0 Å². The lowest BCUT2D eigenvalue weighted by Gasteiger charge is -2.12. The highest BCUT2D eigenvalue weighted by molar-refractivity contribution is 7.09. The molecule has 0 bridgehead atoms. The normalized spacial score (nSPS) is 12.6. The highest BCUT2D eigenvalue weighted by Crippen LogP contribution is 2.24. The average Bonchev–Trinajstić information content (AvgIpc) is 2.88. The molecule has 19 heavy (non-hydrogen) atoms. The van der Waals surface area contributed by atoms with E-state index in [-0.39, 0.29) is 5.75 Å². The summed E-state index contributed by atoms with van der Waals surface area (Å²) in [4.78, 5) is 1.19. The minimum absolute atomic E-state index is 0.0719. The topological polar surface area (TPSA) is 29.5 Å². The summed E-state index contributed by atoms with van der Waals surface area (Å²) in [7, 11) is 0. The van der Waals surface area contributed by atoms with E-state index in [4.69, 9.17) is 0 Å². The SMILES string of the molecule is OC(CCc1cccs1)c1cccc(OC(F)F)c1. The molecule has 0 amide bonds. The minimum atomic E-state index is -2.85. The number of thiophene rings is 1. The monoisotopic (exact) mass is 284 g/mol. The standard InChI is InChI=1S/C14H14F2O2S/c15-14(16)18-11-4-1-3-10(9-11)13(17)7-6-12-5-2-8-19-12/h1-5,8-9,13-14,17H,6-7H2. The van der Waals surface area contributed by atoms with Crippen molar-refractivity contribution in [3.63, 3.8) is 0 Å². The molecular weight excluding hydrogens is 270 g/mol. The summed E-state index contributed by atoms with van der Waals surface area (Å²) in [5, 5.41) is 12.0. The molecule has 1 atom stereocenters. The van der Waals surface area contributed by atoms with Crippen LogP contribution >= 0.6 is 11.3 Å². The number of aryl methyl sites for hydroxylation is 1. The lowest BCUT2D eigenvalue weighted by Crippen LogP contribution is -2.04. The smallest absolute Gasteiger partial charge is 0.387 e. The van der Waals surface area contributed by atoms with Crippen LogP contribution in [0.25, 0.3) is 0 Å². The van der Waals surface area contributed by atoms with Crippen molar-refractivity contribution in [1.82, 2.24) is 0 Å². The molecule has 0 aliphatic rings. The Kier molecular flexibility index (Phi) is 4.87. The average molecular weight is 284 g/mol. The number of halogens is 2. The van der Waals surface area contributed by atoms with Gasteiger partial charge in [-0.05, 0) is 42.0 Å². The molecule has 5 heteroatoms. The van der Waals surface area contributed by atoms with E-state index in [0.29, 0.717) is 12.0 Å². The Hall–Kier alpha value is -1.46. The highest BCUT2D eigenvalue weighted by Gasteiger charge is 2.11. The Morgan fingerprint density at radius 1 is 1.21 bits per heavy atom. The molecule has 0 saturated heterocycles. The first-order chi connectivity index (χ1) is 9.15. The number of hydrogen-bond donors (Lipinski definition) is 1. The number of benzene rings is 1.